The predicted molar refractivity (Wildman–Crippen MR) is 56.5 cm³/mol. The highest BCUT2D eigenvalue weighted by Crippen LogP contribution is 2.06. The molecule has 1 rings (SSSR count). The van der Waals surface area contributed by atoms with Crippen molar-refractivity contribution >= 4 is 23.7 Å². The Kier molecular flexibility index (Phi) is 4.15. The van der Waals surface area contributed by atoms with Crippen molar-refractivity contribution in [2.75, 3.05) is 11.9 Å². The zero-order valence-corrected chi connectivity index (χ0v) is 8.97. The molecule has 0 radical (unpaired) electrons. The summed E-state index contributed by atoms with van der Waals surface area (Å²) in [6, 6.07) is 2.40. The van der Waals surface area contributed by atoms with Crippen molar-refractivity contribution in [2.45, 2.75) is 6.92 Å². The van der Waals surface area contributed by atoms with Gasteiger partial charge in [-0.05, 0) is 19.1 Å². The average molecular weight is 238 g/mol. The van der Waals surface area contributed by atoms with E-state index < -0.39 is 17.8 Å². The van der Waals surface area contributed by atoms with Crippen molar-refractivity contribution in [2.24, 2.45) is 0 Å². The summed E-state index contributed by atoms with van der Waals surface area (Å²) in [6.07, 6.45) is 1.21. The lowest BCUT2D eigenvalue weighted by molar-refractivity contribution is -0.152. The summed E-state index contributed by atoms with van der Waals surface area (Å²) < 4.78 is 4.46. The Hall–Kier alpha value is -2.44. The van der Waals surface area contributed by atoms with Gasteiger partial charge in [0, 0.05) is 6.20 Å². The van der Waals surface area contributed by atoms with Gasteiger partial charge in [0.15, 0.2) is 0 Å². The third-order valence-corrected chi connectivity index (χ3v) is 1.71. The number of hydrogen-bond acceptors (Lipinski definition) is 5. The Balaban J connectivity index is 2.75. The van der Waals surface area contributed by atoms with Crippen LogP contribution in [-0.4, -0.2) is 34.5 Å². The molecule has 0 atom stereocenters. The number of carbonyl (C=O) groups is 3. The number of nitrogens with one attached hydrogen (secondary N) is 1. The molecular weight excluding hydrogens is 228 g/mol. The second kappa shape index (κ2) is 5.59. The number of ether oxygens (including phenoxy) is 1. The van der Waals surface area contributed by atoms with Gasteiger partial charge >= 0.3 is 17.8 Å². The van der Waals surface area contributed by atoms with E-state index in [9.17, 15) is 14.4 Å². The first-order chi connectivity index (χ1) is 8.04. The molecule has 0 saturated carbocycles. The Morgan fingerprint density at radius 3 is 2.76 bits per heavy atom. The molecule has 0 saturated heterocycles. The molecule has 0 aliphatic carbocycles. The van der Waals surface area contributed by atoms with Crippen LogP contribution in [0.15, 0.2) is 18.3 Å². The highest BCUT2D eigenvalue weighted by Gasteiger charge is 2.15. The highest BCUT2D eigenvalue weighted by atomic mass is 16.5. The number of rotatable bonds is 3. The fraction of sp³-hybridized carbons (Fsp3) is 0.200. The molecule has 1 aromatic heterocycles. The van der Waals surface area contributed by atoms with Gasteiger partial charge in [-0.25, -0.2) is 14.6 Å². The molecule has 1 heterocycles. The van der Waals surface area contributed by atoms with Gasteiger partial charge in [-0.2, -0.15) is 0 Å². The van der Waals surface area contributed by atoms with E-state index in [0.29, 0.717) is 0 Å². The number of esters is 1. The molecule has 0 unspecified atom stereocenters. The molecule has 0 aliphatic heterocycles. The predicted octanol–water partition coefficient (Wildman–Crippen LogP) is 0.281. The number of aromatic carboxylic acids is 1. The van der Waals surface area contributed by atoms with Gasteiger partial charge < -0.3 is 15.2 Å². The lowest BCUT2D eigenvalue weighted by atomic mass is 10.2. The number of carboxylic acid groups (broad SMARTS) is 1. The second-order valence-corrected chi connectivity index (χ2v) is 2.91. The Labute approximate surface area is 96.4 Å². The summed E-state index contributed by atoms with van der Waals surface area (Å²) in [5.74, 6) is -3.22. The van der Waals surface area contributed by atoms with Gasteiger partial charge in [0.25, 0.3) is 0 Å². The lowest BCUT2D eigenvalue weighted by Crippen LogP contribution is -2.25. The fourth-order valence-electron chi connectivity index (χ4n) is 0.996. The van der Waals surface area contributed by atoms with Gasteiger partial charge in [-0.3, -0.25) is 4.79 Å². The topological polar surface area (TPSA) is 106 Å². The minimum Gasteiger partial charge on any atom is -0.478 e. The molecule has 7 nitrogen and oxygen atoms in total. The number of pyridine rings is 1. The maximum absolute atomic E-state index is 11.2. The van der Waals surface area contributed by atoms with E-state index in [1.54, 1.807) is 6.92 Å². The van der Waals surface area contributed by atoms with Crippen molar-refractivity contribution in [1.29, 1.82) is 0 Å². The second-order valence-electron chi connectivity index (χ2n) is 2.91. The lowest BCUT2D eigenvalue weighted by Gasteiger charge is -2.04. The number of amides is 1. The zero-order valence-electron chi connectivity index (χ0n) is 8.97. The summed E-state index contributed by atoms with van der Waals surface area (Å²) in [5, 5.41) is 10.8. The largest absolute Gasteiger partial charge is 0.478 e. The molecular formula is C10H10N2O5. The molecule has 2 N–H and O–H groups in total. The molecule has 90 valence electrons. The van der Waals surface area contributed by atoms with Crippen LogP contribution in [0, 0.1) is 0 Å². The third-order valence-electron chi connectivity index (χ3n) is 1.71. The summed E-state index contributed by atoms with van der Waals surface area (Å²) in [7, 11) is 0. The van der Waals surface area contributed by atoms with E-state index in [2.05, 4.69) is 15.0 Å². The van der Waals surface area contributed by atoms with Crippen molar-refractivity contribution in [3.05, 3.63) is 23.9 Å². The van der Waals surface area contributed by atoms with Crippen molar-refractivity contribution in [3.8, 4) is 0 Å². The molecule has 1 aromatic rings. The van der Waals surface area contributed by atoms with Gasteiger partial charge in [0.1, 0.15) is 5.82 Å². The van der Waals surface area contributed by atoms with Crippen molar-refractivity contribution in [1.82, 2.24) is 4.98 Å². The van der Waals surface area contributed by atoms with Gasteiger partial charge in [0.05, 0.1) is 12.2 Å². The number of nitrogens with zero attached hydrogens (tertiary/aromatic N) is 1. The van der Waals surface area contributed by atoms with E-state index in [1.165, 1.54) is 12.3 Å². The number of hydrogen-bond donors (Lipinski definition) is 2. The van der Waals surface area contributed by atoms with Crippen LogP contribution < -0.4 is 5.32 Å². The van der Waals surface area contributed by atoms with E-state index in [1.807, 2.05) is 0 Å². The number of carbonyl (C=O) groups excluding carboxylic acids is 2. The Morgan fingerprint density at radius 2 is 2.18 bits per heavy atom. The van der Waals surface area contributed by atoms with Crippen LogP contribution in [0.5, 0.6) is 0 Å². The van der Waals surface area contributed by atoms with Crippen LogP contribution in [0.3, 0.4) is 0 Å². The molecule has 7 heteroatoms. The Bertz CT molecular complexity index is 458. The van der Waals surface area contributed by atoms with Crippen LogP contribution in [0.1, 0.15) is 17.3 Å². The summed E-state index contributed by atoms with van der Waals surface area (Å²) in [4.78, 5) is 36.5. The summed E-state index contributed by atoms with van der Waals surface area (Å²) in [6.45, 7) is 1.64. The first-order valence-corrected chi connectivity index (χ1v) is 4.72. The smallest absolute Gasteiger partial charge is 0.397 e. The first-order valence-electron chi connectivity index (χ1n) is 4.72. The molecule has 0 bridgehead atoms. The monoisotopic (exact) mass is 238 g/mol. The van der Waals surface area contributed by atoms with E-state index in [0.717, 1.165) is 6.07 Å². The van der Waals surface area contributed by atoms with E-state index >= 15 is 0 Å². The van der Waals surface area contributed by atoms with Crippen LogP contribution >= 0.6 is 0 Å². The first kappa shape index (κ1) is 12.6. The van der Waals surface area contributed by atoms with Gasteiger partial charge in [-0.15, -0.1) is 0 Å². The van der Waals surface area contributed by atoms with E-state index in [-0.39, 0.29) is 18.0 Å². The summed E-state index contributed by atoms with van der Waals surface area (Å²) in [5.41, 5.74) is -0.0424. The molecule has 0 spiro atoms. The maximum atomic E-state index is 11.2. The van der Waals surface area contributed by atoms with Gasteiger partial charge in [0.2, 0.25) is 0 Å². The molecule has 0 aromatic carbocycles. The fourth-order valence-corrected chi connectivity index (χ4v) is 0.996. The minimum atomic E-state index is -1.15. The quantitative estimate of drug-likeness (QED) is 0.578. The van der Waals surface area contributed by atoms with Crippen LogP contribution in [0.25, 0.3) is 0 Å². The average Bonchev–Trinajstić information content (AvgIpc) is 2.29. The van der Waals surface area contributed by atoms with Gasteiger partial charge in [-0.1, -0.05) is 0 Å². The van der Waals surface area contributed by atoms with Crippen LogP contribution in [0.2, 0.25) is 0 Å². The zero-order chi connectivity index (χ0) is 12.8. The van der Waals surface area contributed by atoms with Crippen LogP contribution in [0.4, 0.5) is 5.82 Å². The van der Waals surface area contributed by atoms with Crippen molar-refractivity contribution in [3.63, 3.8) is 0 Å². The maximum Gasteiger partial charge on any atom is 0.397 e. The molecule has 17 heavy (non-hydrogen) atoms. The number of aromatic nitrogens is 1. The number of anilines is 1. The molecule has 1 amide bonds. The Morgan fingerprint density at radius 1 is 1.47 bits per heavy atom. The van der Waals surface area contributed by atoms with Crippen LogP contribution in [-0.2, 0) is 14.3 Å². The summed E-state index contributed by atoms with van der Waals surface area (Å²) >= 11 is 0. The SMILES string of the molecule is CCOC(=O)C(=O)Nc1cc(C(=O)O)ccn1. The standard InChI is InChI=1S/C10H10N2O5/c1-2-17-10(16)8(13)12-7-5-6(9(14)15)3-4-11-7/h3-5H,2H2,1H3,(H,14,15)(H,11,12,13). The van der Waals surface area contributed by atoms with Crippen molar-refractivity contribution < 1.29 is 24.2 Å². The minimum absolute atomic E-state index is 0.0250. The molecule has 0 fully saturated rings. The van der Waals surface area contributed by atoms with E-state index in [4.69, 9.17) is 5.11 Å². The third kappa shape index (κ3) is 3.56. The molecule has 0 aliphatic rings. The highest BCUT2D eigenvalue weighted by molar-refractivity contribution is 6.37. The number of carboxylic acids is 1. The normalized spacial score (nSPS) is 9.47.